The molecule has 2 N–H and O–H groups in total. The van der Waals surface area contributed by atoms with Crippen molar-refractivity contribution in [3.05, 3.63) is 33.8 Å². The number of rotatable bonds is 3. The summed E-state index contributed by atoms with van der Waals surface area (Å²) in [6, 6.07) is 5.86. The first kappa shape index (κ1) is 15.9. The highest BCUT2D eigenvalue weighted by Crippen LogP contribution is 2.41. The molecule has 4 aliphatic rings. The molecule has 124 valence electrons. The summed E-state index contributed by atoms with van der Waals surface area (Å²) in [4.78, 5) is 16.2. The first-order valence-corrected chi connectivity index (χ1v) is 9.39. The second-order valence-corrected chi connectivity index (χ2v) is 8.56. The molecule has 0 unspecified atom stereocenters. The van der Waals surface area contributed by atoms with E-state index in [1.807, 2.05) is 12.1 Å². The fourth-order valence-corrected chi connectivity index (χ4v) is 6.08. The maximum atomic E-state index is 13.2. The first-order chi connectivity index (χ1) is 10.9. The monoisotopic (exact) mass is 354 g/mol. The Labute approximate surface area is 147 Å². The Hall–Kier alpha value is -0.610. The van der Waals surface area contributed by atoms with Gasteiger partial charge in [0, 0.05) is 5.02 Å². The van der Waals surface area contributed by atoms with E-state index in [0.717, 1.165) is 44.0 Å². The minimum atomic E-state index is -0.118. The van der Waals surface area contributed by atoms with Gasteiger partial charge in [0.05, 0.1) is 10.6 Å². The maximum absolute atomic E-state index is 13.2. The Kier molecular flexibility index (Phi) is 3.59. The van der Waals surface area contributed by atoms with Gasteiger partial charge in [-0.25, -0.2) is 0 Å². The van der Waals surface area contributed by atoms with Crippen LogP contribution in [0.1, 0.15) is 38.4 Å². The summed E-state index contributed by atoms with van der Waals surface area (Å²) in [7, 11) is 0. The van der Waals surface area contributed by atoms with Gasteiger partial charge >= 0.3 is 0 Å². The number of halogens is 2. The molecule has 4 fully saturated rings. The van der Waals surface area contributed by atoms with Crippen LogP contribution in [0.5, 0.6) is 0 Å². The molecule has 0 radical (unpaired) electrons. The van der Waals surface area contributed by atoms with Crippen LogP contribution in [0, 0.1) is 10.8 Å². The van der Waals surface area contributed by atoms with Crippen molar-refractivity contribution >= 4 is 29.0 Å². The number of ketones is 1. The van der Waals surface area contributed by atoms with Gasteiger partial charge in [-0.05, 0) is 31.0 Å². The average molecular weight is 355 g/mol. The van der Waals surface area contributed by atoms with Crippen molar-refractivity contribution < 1.29 is 14.6 Å². The molecule has 5 rings (SSSR count). The van der Waals surface area contributed by atoms with E-state index in [2.05, 4.69) is 19.9 Å². The van der Waals surface area contributed by atoms with Gasteiger partial charge in [0.15, 0.2) is 5.78 Å². The number of hydrogen-bond acceptors (Lipinski definition) is 1. The molecule has 4 aliphatic heterocycles. The minimum Gasteiger partial charge on any atom is -0.297 e. The Morgan fingerprint density at radius 2 is 1.57 bits per heavy atom. The number of nitrogens with one attached hydrogen (secondary N) is 2. The van der Waals surface area contributed by atoms with E-state index in [4.69, 9.17) is 23.2 Å². The molecular formula is C18H24Cl2N2O+2. The molecule has 0 amide bonds. The number of quaternary nitrogens is 2. The van der Waals surface area contributed by atoms with E-state index < -0.39 is 0 Å². The molecule has 1 aromatic rings. The molecule has 0 aliphatic carbocycles. The third-order valence-electron chi connectivity index (χ3n) is 6.67. The molecule has 0 aromatic heterocycles. The fourth-order valence-electron chi connectivity index (χ4n) is 5.57. The zero-order valence-electron chi connectivity index (χ0n) is 13.7. The number of benzene rings is 1. The van der Waals surface area contributed by atoms with Gasteiger partial charge < -0.3 is 0 Å². The van der Waals surface area contributed by atoms with Gasteiger partial charge in [0.1, 0.15) is 37.0 Å². The minimum absolute atomic E-state index is 0.118. The van der Waals surface area contributed by atoms with E-state index in [9.17, 15) is 4.79 Å². The summed E-state index contributed by atoms with van der Waals surface area (Å²) in [5.74, 6) is 0.545. The summed E-state index contributed by atoms with van der Waals surface area (Å²) in [5.41, 5.74) is 0.948. The smallest absolute Gasteiger partial charge is 0.241 e. The van der Waals surface area contributed by atoms with E-state index in [-0.39, 0.29) is 10.8 Å². The van der Waals surface area contributed by atoms with Gasteiger partial charge in [0.25, 0.3) is 0 Å². The zero-order chi connectivity index (χ0) is 16.4. The lowest BCUT2D eigenvalue weighted by Crippen LogP contribution is -3.41. The van der Waals surface area contributed by atoms with Crippen molar-refractivity contribution in [3.63, 3.8) is 0 Å². The van der Waals surface area contributed by atoms with Crippen molar-refractivity contribution in [3.8, 4) is 0 Å². The van der Waals surface area contributed by atoms with Gasteiger partial charge in [-0.2, -0.15) is 0 Å². The predicted molar refractivity (Wildman–Crippen MR) is 91.1 cm³/mol. The van der Waals surface area contributed by atoms with E-state index in [0.29, 0.717) is 17.0 Å². The molecule has 0 atom stereocenters. The van der Waals surface area contributed by atoms with Crippen molar-refractivity contribution in [2.24, 2.45) is 10.8 Å². The lowest BCUT2D eigenvalue weighted by atomic mass is 9.58. The molecule has 3 nitrogen and oxygen atoms in total. The van der Waals surface area contributed by atoms with Crippen molar-refractivity contribution in [2.45, 2.75) is 32.9 Å². The van der Waals surface area contributed by atoms with Crippen LogP contribution in [0.25, 0.3) is 0 Å². The van der Waals surface area contributed by atoms with Crippen molar-refractivity contribution in [1.82, 2.24) is 0 Å². The van der Waals surface area contributed by atoms with Gasteiger partial charge in [-0.15, -0.1) is 0 Å². The number of piperidine rings is 2. The molecule has 5 heteroatoms. The molecule has 4 heterocycles. The van der Waals surface area contributed by atoms with Crippen molar-refractivity contribution in [2.75, 3.05) is 26.2 Å². The summed E-state index contributed by atoms with van der Waals surface area (Å²) in [6.45, 7) is 8.18. The van der Waals surface area contributed by atoms with Crippen LogP contribution >= 0.6 is 23.2 Å². The van der Waals surface area contributed by atoms with Gasteiger partial charge in [-0.3, -0.25) is 14.6 Å². The third-order valence-corrected chi connectivity index (χ3v) is 7.23. The quantitative estimate of drug-likeness (QED) is 0.836. The van der Waals surface area contributed by atoms with E-state index >= 15 is 0 Å². The molecule has 4 saturated heterocycles. The maximum Gasteiger partial charge on any atom is 0.241 e. The second-order valence-electron chi connectivity index (χ2n) is 7.72. The highest BCUT2D eigenvalue weighted by Gasteiger charge is 2.70. The fraction of sp³-hybridized carbons (Fsp3) is 0.611. The summed E-state index contributed by atoms with van der Waals surface area (Å²) in [6.07, 6.45) is 2.26. The standard InChI is InChI=1S/C18H22Cl2N2O/c1-3-17-8-21-10-18(4-2,16(17)23)11-22(9-17)15(21)13-6-5-12(19)7-14(13)20/h5-7,15H,3-4,8-11H2,1-2H3/p+2. The van der Waals surface area contributed by atoms with Crippen LogP contribution < -0.4 is 9.80 Å². The molecule has 23 heavy (non-hydrogen) atoms. The lowest BCUT2D eigenvalue weighted by Gasteiger charge is -2.60. The number of hydrogen-bond donors (Lipinski definition) is 2. The van der Waals surface area contributed by atoms with Crippen LogP contribution in [0.4, 0.5) is 0 Å². The van der Waals surface area contributed by atoms with Crippen LogP contribution in [0.15, 0.2) is 18.2 Å². The normalized spacial score (nSPS) is 41.6. The highest BCUT2D eigenvalue weighted by molar-refractivity contribution is 6.35. The topological polar surface area (TPSA) is 26.0 Å². The summed E-state index contributed by atoms with van der Waals surface area (Å²) >= 11 is 12.6. The summed E-state index contributed by atoms with van der Waals surface area (Å²) in [5, 5.41) is 1.44. The van der Waals surface area contributed by atoms with Crippen LogP contribution in [0.3, 0.4) is 0 Å². The zero-order valence-corrected chi connectivity index (χ0v) is 15.2. The number of carbonyl (C=O) groups is 1. The average Bonchev–Trinajstić information content (AvgIpc) is 2.52. The largest absolute Gasteiger partial charge is 0.297 e. The number of carbonyl (C=O) groups excluding carboxylic acids is 1. The Morgan fingerprint density at radius 3 is 2.00 bits per heavy atom. The number of Topliss-reactive ketones (excluding diaryl/α,β-unsaturated/α-hetero) is 1. The van der Waals surface area contributed by atoms with Crippen LogP contribution in [-0.2, 0) is 4.79 Å². The second kappa shape index (κ2) is 5.19. The molecule has 4 bridgehead atoms. The van der Waals surface area contributed by atoms with Crippen LogP contribution in [-0.4, -0.2) is 32.0 Å². The van der Waals surface area contributed by atoms with E-state index in [1.54, 1.807) is 0 Å². The summed E-state index contributed by atoms with van der Waals surface area (Å²) < 4.78 is 0. The predicted octanol–water partition coefficient (Wildman–Crippen LogP) is 1.16. The van der Waals surface area contributed by atoms with Crippen LogP contribution in [0.2, 0.25) is 10.0 Å². The van der Waals surface area contributed by atoms with Crippen molar-refractivity contribution in [1.29, 1.82) is 0 Å². The molecule has 1 aromatic carbocycles. The van der Waals surface area contributed by atoms with Gasteiger partial charge in [0.2, 0.25) is 6.17 Å². The molecule has 0 spiro atoms. The first-order valence-electron chi connectivity index (χ1n) is 8.64. The highest BCUT2D eigenvalue weighted by atomic mass is 35.5. The Bertz CT molecular complexity index is 633. The Morgan fingerprint density at radius 1 is 1.04 bits per heavy atom. The van der Waals surface area contributed by atoms with Gasteiger partial charge in [-0.1, -0.05) is 37.0 Å². The third kappa shape index (κ3) is 2.07. The Balaban J connectivity index is 1.77. The SMILES string of the molecule is CCC12C[NH+]3CC(CC)(C[NH+](C1)C3c1ccc(Cl)cc1Cl)C2=O. The molecular weight excluding hydrogens is 331 g/mol. The lowest BCUT2D eigenvalue weighted by molar-refractivity contribution is -1.18. The molecule has 0 saturated carbocycles. The van der Waals surface area contributed by atoms with E-state index in [1.165, 1.54) is 15.4 Å².